The topological polar surface area (TPSA) is 69.6 Å². The highest BCUT2D eigenvalue weighted by atomic mass is 16.4. The second kappa shape index (κ2) is 5.21. The summed E-state index contributed by atoms with van der Waals surface area (Å²) in [4.78, 5) is 24.6. The van der Waals surface area contributed by atoms with E-state index < -0.39 is 17.4 Å². The van der Waals surface area contributed by atoms with Crippen LogP contribution >= 0.6 is 0 Å². The summed E-state index contributed by atoms with van der Waals surface area (Å²) in [5, 5.41) is 11.9. The van der Waals surface area contributed by atoms with Crippen molar-refractivity contribution < 1.29 is 14.7 Å². The third-order valence-electron chi connectivity index (χ3n) is 3.16. The fourth-order valence-corrected chi connectivity index (χ4v) is 2.34. The summed E-state index contributed by atoms with van der Waals surface area (Å²) in [5.41, 5.74) is -0.393. The highest BCUT2D eigenvalue weighted by Crippen LogP contribution is 2.35. The summed E-state index contributed by atoms with van der Waals surface area (Å²) >= 11 is 0. The lowest BCUT2D eigenvalue weighted by Crippen LogP contribution is -2.58. The molecule has 0 aromatic rings. The zero-order valence-corrected chi connectivity index (χ0v) is 10.4. The number of piperidine rings is 1. The molecule has 1 rings (SSSR count). The molecule has 1 aliphatic rings. The van der Waals surface area contributed by atoms with E-state index in [0.717, 1.165) is 12.8 Å². The number of hydrogen-bond acceptors (Lipinski definition) is 2. The summed E-state index contributed by atoms with van der Waals surface area (Å²) in [5.74, 6) is -0.941. The minimum Gasteiger partial charge on any atom is -0.480 e. The van der Waals surface area contributed by atoms with E-state index in [1.54, 1.807) is 6.08 Å². The van der Waals surface area contributed by atoms with Crippen molar-refractivity contribution in [2.45, 2.75) is 32.7 Å². The fraction of sp³-hybridized carbons (Fsp3) is 0.667. The quantitative estimate of drug-likeness (QED) is 0.734. The van der Waals surface area contributed by atoms with Gasteiger partial charge in [-0.05, 0) is 18.3 Å². The van der Waals surface area contributed by atoms with Crippen molar-refractivity contribution in [1.82, 2.24) is 10.2 Å². The van der Waals surface area contributed by atoms with Gasteiger partial charge in [0.1, 0.15) is 6.04 Å². The molecule has 5 nitrogen and oxygen atoms in total. The van der Waals surface area contributed by atoms with Gasteiger partial charge in [0, 0.05) is 13.1 Å². The summed E-state index contributed by atoms with van der Waals surface area (Å²) in [6.07, 6.45) is 3.22. The number of carbonyl (C=O) groups excluding carboxylic acids is 1. The molecule has 2 N–H and O–H groups in total. The highest BCUT2D eigenvalue weighted by molar-refractivity contribution is 5.83. The number of hydrogen-bond donors (Lipinski definition) is 2. The Morgan fingerprint density at radius 2 is 2.24 bits per heavy atom. The first kappa shape index (κ1) is 13.5. The smallest absolute Gasteiger partial charge is 0.327 e. The minimum absolute atomic E-state index is 0.329. The summed E-state index contributed by atoms with van der Waals surface area (Å²) in [7, 11) is 0. The molecule has 0 aromatic carbocycles. The van der Waals surface area contributed by atoms with Crippen molar-refractivity contribution in [2.75, 3.05) is 13.1 Å². The van der Waals surface area contributed by atoms with E-state index in [9.17, 15) is 14.7 Å². The van der Waals surface area contributed by atoms with Gasteiger partial charge in [0.05, 0.1) is 0 Å². The highest BCUT2D eigenvalue weighted by Gasteiger charge is 2.44. The SMILES string of the molecule is C=CCNC(=O)N1CCCC(C)(C)C1C(=O)O. The van der Waals surface area contributed by atoms with Gasteiger partial charge in [-0.3, -0.25) is 0 Å². The summed E-state index contributed by atoms with van der Waals surface area (Å²) < 4.78 is 0. The van der Waals surface area contributed by atoms with Crippen molar-refractivity contribution in [2.24, 2.45) is 5.41 Å². The number of nitrogens with one attached hydrogen (secondary N) is 1. The number of rotatable bonds is 3. The van der Waals surface area contributed by atoms with Gasteiger partial charge in [-0.15, -0.1) is 6.58 Å². The molecule has 1 atom stereocenters. The molecule has 0 radical (unpaired) electrons. The molecule has 0 aromatic heterocycles. The molecule has 1 saturated heterocycles. The van der Waals surface area contributed by atoms with Gasteiger partial charge >= 0.3 is 12.0 Å². The zero-order chi connectivity index (χ0) is 13.1. The van der Waals surface area contributed by atoms with Gasteiger partial charge in [-0.2, -0.15) is 0 Å². The van der Waals surface area contributed by atoms with Gasteiger partial charge in [-0.1, -0.05) is 19.9 Å². The Kier molecular flexibility index (Phi) is 4.15. The lowest BCUT2D eigenvalue weighted by Gasteiger charge is -2.43. The molecule has 1 fully saturated rings. The Hall–Kier alpha value is -1.52. The van der Waals surface area contributed by atoms with Crippen LogP contribution in [0, 0.1) is 5.41 Å². The molecule has 17 heavy (non-hydrogen) atoms. The van der Waals surface area contributed by atoms with Crippen LogP contribution in [-0.4, -0.2) is 41.1 Å². The summed E-state index contributed by atoms with van der Waals surface area (Å²) in [6, 6.07) is -1.09. The van der Waals surface area contributed by atoms with Crippen LogP contribution < -0.4 is 5.32 Å². The Balaban J connectivity index is 2.84. The van der Waals surface area contributed by atoms with Crippen LogP contribution in [0.4, 0.5) is 4.79 Å². The molecule has 0 saturated carbocycles. The fourth-order valence-electron chi connectivity index (χ4n) is 2.34. The van der Waals surface area contributed by atoms with Crippen LogP contribution in [0.5, 0.6) is 0 Å². The molecule has 5 heteroatoms. The third-order valence-corrected chi connectivity index (χ3v) is 3.16. The minimum atomic E-state index is -0.941. The van der Waals surface area contributed by atoms with Crippen LogP contribution in [0.3, 0.4) is 0 Å². The van der Waals surface area contributed by atoms with E-state index >= 15 is 0 Å². The number of amides is 2. The van der Waals surface area contributed by atoms with E-state index in [2.05, 4.69) is 11.9 Å². The van der Waals surface area contributed by atoms with Crippen LogP contribution in [0.25, 0.3) is 0 Å². The number of carbonyl (C=O) groups is 2. The molecule has 1 aliphatic heterocycles. The standard InChI is InChI=1S/C12H20N2O3/c1-4-7-13-11(17)14-8-5-6-12(2,3)9(14)10(15)16/h4,9H,1,5-8H2,2-3H3,(H,13,17)(H,15,16). The van der Waals surface area contributed by atoms with Gasteiger partial charge in [0.15, 0.2) is 0 Å². The average Bonchev–Trinajstić information content (AvgIpc) is 2.23. The van der Waals surface area contributed by atoms with E-state index in [1.807, 2.05) is 13.8 Å². The molecular weight excluding hydrogens is 220 g/mol. The number of nitrogens with zero attached hydrogens (tertiary/aromatic N) is 1. The maximum absolute atomic E-state index is 11.9. The number of likely N-dealkylation sites (tertiary alicyclic amines) is 1. The normalized spacial score (nSPS) is 22.9. The molecule has 0 aliphatic carbocycles. The third kappa shape index (κ3) is 2.99. The van der Waals surface area contributed by atoms with Crippen LogP contribution in [0.1, 0.15) is 26.7 Å². The molecule has 0 spiro atoms. The van der Waals surface area contributed by atoms with Gasteiger partial charge in [0.2, 0.25) is 0 Å². The second-order valence-electron chi connectivity index (χ2n) is 5.00. The second-order valence-corrected chi connectivity index (χ2v) is 5.00. The van der Waals surface area contributed by atoms with Crippen LogP contribution in [-0.2, 0) is 4.79 Å². The molecule has 2 amide bonds. The maximum atomic E-state index is 11.9. The Morgan fingerprint density at radius 3 is 2.76 bits per heavy atom. The van der Waals surface area contributed by atoms with Gasteiger partial charge in [-0.25, -0.2) is 9.59 Å². The first-order valence-electron chi connectivity index (χ1n) is 5.78. The number of urea groups is 1. The predicted molar refractivity (Wildman–Crippen MR) is 64.7 cm³/mol. The molecule has 1 unspecified atom stereocenters. The van der Waals surface area contributed by atoms with E-state index in [0.29, 0.717) is 13.1 Å². The average molecular weight is 240 g/mol. The number of carboxylic acids is 1. The molecule has 0 bridgehead atoms. The number of aliphatic carboxylic acids is 1. The van der Waals surface area contributed by atoms with Crippen LogP contribution in [0.2, 0.25) is 0 Å². The largest absolute Gasteiger partial charge is 0.480 e. The monoisotopic (exact) mass is 240 g/mol. The Bertz CT molecular complexity index is 326. The molecule has 96 valence electrons. The molecular formula is C12H20N2O3. The molecule has 1 heterocycles. The lowest BCUT2D eigenvalue weighted by molar-refractivity contribution is -0.148. The predicted octanol–water partition coefficient (Wildman–Crippen LogP) is 1.46. The number of carboxylic acid groups (broad SMARTS) is 1. The Labute approximate surface area is 101 Å². The van der Waals surface area contributed by atoms with Crippen molar-refractivity contribution in [3.8, 4) is 0 Å². The van der Waals surface area contributed by atoms with Crippen molar-refractivity contribution in [3.05, 3.63) is 12.7 Å². The van der Waals surface area contributed by atoms with Gasteiger partial charge in [0.25, 0.3) is 0 Å². The van der Waals surface area contributed by atoms with Crippen molar-refractivity contribution in [3.63, 3.8) is 0 Å². The zero-order valence-electron chi connectivity index (χ0n) is 10.4. The van der Waals surface area contributed by atoms with Gasteiger partial charge < -0.3 is 15.3 Å². The van der Waals surface area contributed by atoms with Crippen LogP contribution in [0.15, 0.2) is 12.7 Å². The maximum Gasteiger partial charge on any atom is 0.327 e. The van der Waals surface area contributed by atoms with E-state index in [-0.39, 0.29) is 6.03 Å². The first-order chi connectivity index (χ1) is 7.90. The van der Waals surface area contributed by atoms with E-state index in [1.165, 1.54) is 4.90 Å². The lowest BCUT2D eigenvalue weighted by atomic mass is 9.76. The van der Waals surface area contributed by atoms with Crippen molar-refractivity contribution in [1.29, 1.82) is 0 Å². The first-order valence-corrected chi connectivity index (χ1v) is 5.78. The Morgan fingerprint density at radius 1 is 1.59 bits per heavy atom. The van der Waals surface area contributed by atoms with E-state index in [4.69, 9.17) is 0 Å². The van der Waals surface area contributed by atoms with Crippen molar-refractivity contribution >= 4 is 12.0 Å². The summed E-state index contributed by atoms with van der Waals surface area (Å²) in [6.45, 7) is 8.12.